The standard InChI is InChI=1S/C16H31N5O2/c1-4-6-7-8-9-13(3)20-15(17-5-2)18-10-11-21-14(22)12-19-16(21)23/h13H,4-12H2,1-3H3,(H,19,23)(H2,17,18,20). The fraction of sp³-hybridized carbons (Fsp3) is 0.812. The lowest BCUT2D eigenvalue weighted by Gasteiger charge is -2.18. The highest BCUT2D eigenvalue weighted by Crippen LogP contribution is 2.05. The van der Waals surface area contributed by atoms with Crippen LogP contribution in [0.3, 0.4) is 0 Å². The van der Waals surface area contributed by atoms with E-state index in [1.165, 1.54) is 30.6 Å². The Kier molecular flexibility index (Phi) is 9.09. The Morgan fingerprint density at radius 2 is 2.09 bits per heavy atom. The van der Waals surface area contributed by atoms with Gasteiger partial charge in [-0.25, -0.2) is 4.79 Å². The van der Waals surface area contributed by atoms with Crippen LogP contribution in [-0.2, 0) is 4.79 Å². The van der Waals surface area contributed by atoms with Crippen LogP contribution in [-0.4, -0.2) is 55.0 Å². The van der Waals surface area contributed by atoms with E-state index >= 15 is 0 Å². The van der Waals surface area contributed by atoms with Gasteiger partial charge in [0.2, 0.25) is 5.91 Å². The SMILES string of the molecule is CCCCCCC(C)NC(=NCCN1C(=O)CNC1=O)NCC. The summed E-state index contributed by atoms with van der Waals surface area (Å²) in [5.41, 5.74) is 0. The van der Waals surface area contributed by atoms with Crippen LogP contribution in [0.15, 0.2) is 4.99 Å². The van der Waals surface area contributed by atoms with Gasteiger partial charge in [0.25, 0.3) is 0 Å². The fourth-order valence-electron chi connectivity index (χ4n) is 2.45. The molecule has 3 amide bonds. The highest BCUT2D eigenvalue weighted by atomic mass is 16.2. The normalized spacial score (nSPS) is 16.5. The van der Waals surface area contributed by atoms with Gasteiger partial charge < -0.3 is 16.0 Å². The molecule has 0 aromatic carbocycles. The topological polar surface area (TPSA) is 85.8 Å². The van der Waals surface area contributed by atoms with Gasteiger partial charge in [0.1, 0.15) is 0 Å². The molecule has 0 bridgehead atoms. The molecule has 7 heteroatoms. The number of rotatable bonds is 10. The van der Waals surface area contributed by atoms with E-state index < -0.39 is 0 Å². The average Bonchev–Trinajstić information content (AvgIpc) is 2.83. The maximum absolute atomic E-state index is 11.5. The molecule has 1 saturated heterocycles. The van der Waals surface area contributed by atoms with Crippen molar-refractivity contribution < 1.29 is 9.59 Å². The van der Waals surface area contributed by atoms with Gasteiger partial charge in [-0.3, -0.25) is 14.7 Å². The van der Waals surface area contributed by atoms with Gasteiger partial charge in [-0.1, -0.05) is 32.6 Å². The summed E-state index contributed by atoms with van der Waals surface area (Å²) >= 11 is 0. The van der Waals surface area contributed by atoms with Crippen LogP contribution in [0.2, 0.25) is 0 Å². The number of guanidine groups is 1. The van der Waals surface area contributed by atoms with Crippen LogP contribution in [0.25, 0.3) is 0 Å². The van der Waals surface area contributed by atoms with Gasteiger partial charge in [-0.05, 0) is 20.3 Å². The fourth-order valence-corrected chi connectivity index (χ4v) is 2.45. The Bertz CT molecular complexity index is 395. The molecule has 0 spiro atoms. The maximum Gasteiger partial charge on any atom is 0.324 e. The second kappa shape index (κ2) is 10.9. The molecule has 0 aliphatic carbocycles. The van der Waals surface area contributed by atoms with E-state index in [1.54, 1.807) is 0 Å². The molecule has 0 saturated carbocycles. The van der Waals surface area contributed by atoms with Crippen molar-refractivity contribution in [2.45, 2.75) is 58.9 Å². The maximum atomic E-state index is 11.5. The second-order valence-electron chi connectivity index (χ2n) is 5.86. The van der Waals surface area contributed by atoms with Crippen LogP contribution in [0, 0.1) is 0 Å². The van der Waals surface area contributed by atoms with Crippen molar-refractivity contribution in [1.82, 2.24) is 20.9 Å². The zero-order valence-electron chi connectivity index (χ0n) is 14.7. The molecule has 23 heavy (non-hydrogen) atoms. The smallest absolute Gasteiger partial charge is 0.324 e. The Balaban J connectivity index is 2.37. The molecule has 0 aromatic heterocycles. The van der Waals surface area contributed by atoms with Crippen molar-refractivity contribution in [2.24, 2.45) is 4.99 Å². The number of unbranched alkanes of at least 4 members (excludes halogenated alkanes) is 3. The zero-order chi connectivity index (χ0) is 17.1. The quantitative estimate of drug-likeness (QED) is 0.246. The molecule has 1 atom stereocenters. The number of nitrogens with one attached hydrogen (secondary N) is 3. The summed E-state index contributed by atoms with van der Waals surface area (Å²) in [7, 11) is 0. The van der Waals surface area contributed by atoms with Crippen molar-refractivity contribution in [3.63, 3.8) is 0 Å². The van der Waals surface area contributed by atoms with E-state index in [1.807, 2.05) is 6.92 Å². The molecule has 1 heterocycles. The third-order valence-electron chi connectivity index (χ3n) is 3.75. The van der Waals surface area contributed by atoms with Crippen LogP contribution >= 0.6 is 0 Å². The Morgan fingerprint density at radius 1 is 1.30 bits per heavy atom. The van der Waals surface area contributed by atoms with E-state index in [4.69, 9.17) is 0 Å². The molecule has 0 aromatic rings. The lowest BCUT2D eigenvalue weighted by Crippen LogP contribution is -2.43. The van der Waals surface area contributed by atoms with E-state index in [-0.39, 0.29) is 18.5 Å². The molecule has 1 aliphatic rings. The van der Waals surface area contributed by atoms with E-state index in [0.717, 1.165) is 18.9 Å². The number of amides is 3. The van der Waals surface area contributed by atoms with Crippen LogP contribution < -0.4 is 16.0 Å². The number of nitrogens with zero attached hydrogens (tertiary/aromatic N) is 2. The van der Waals surface area contributed by atoms with E-state index in [2.05, 4.69) is 34.8 Å². The molecule has 0 radical (unpaired) electrons. The van der Waals surface area contributed by atoms with Crippen molar-refractivity contribution >= 4 is 17.9 Å². The second-order valence-corrected chi connectivity index (χ2v) is 5.86. The summed E-state index contributed by atoms with van der Waals surface area (Å²) in [4.78, 5) is 28.6. The number of aliphatic imine (C=N–C) groups is 1. The minimum Gasteiger partial charge on any atom is -0.357 e. The van der Waals surface area contributed by atoms with Crippen molar-refractivity contribution in [3.8, 4) is 0 Å². The summed E-state index contributed by atoms with van der Waals surface area (Å²) in [6, 6.07) is 0.0221. The summed E-state index contributed by atoms with van der Waals surface area (Å²) in [6.07, 6.45) is 6.12. The average molecular weight is 325 g/mol. The molecule has 1 fully saturated rings. The Hall–Kier alpha value is -1.79. The monoisotopic (exact) mass is 325 g/mol. The highest BCUT2D eigenvalue weighted by Gasteiger charge is 2.27. The number of carbonyl (C=O) groups excluding carboxylic acids is 2. The highest BCUT2D eigenvalue weighted by molar-refractivity contribution is 6.01. The molecule has 1 aliphatic heterocycles. The van der Waals surface area contributed by atoms with Crippen molar-refractivity contribution in [3.05, 3.63) is 0 Å². The predicted molar refractivity (Wildman–Crippen MR) is 92.4 cm³/mol. The third-order valence-corrected chi connectivity index (χ3v) is 3.75. The Labute approximate surface area is 139 Å². The van der Waals surface area contributed by atoms with Crippen LogP contribution in [0.5, 0.6) is 0 Å². The summed E-state index contributed by atoms with van der Waals surface area (Å²) in [6.45, 7) is 7.95. The molecular weight excluding hydrogens is 294 g/mol. The Morgan fingerprint density at radius 3 is 2.70 bits per heavy atom. The van der Waals surface area contributed by atoms with E-state index in [0.29, 0.717) is 19.1 Å². The number of hydrogen-bond acceptors (Lipinski definition) is 3. The molecule has 132 valence electrons. The number of carbonyl (C=O) groups is 2. The van der Waals surface area contributed by atoms with Gasteiger partial charge >= 0.3 is 6.03 Å². The molecule has 7 nitrogen and oxygen atoms in total. The van der Waals surface area contributed by atoms with Gasteiger partial charge in [-0.2, -0.15) is 0 Å². The number of imide groups is 1. The van der Waals surface area contributed by atoms with Gasteiger partial charge in [0.05, 0.1) is 19.6 Å². The number of urea groups is 1. The molecule has 3 N–H and O–H groups in total. The first-order chi connectivity index (χ1) is 11.1. The molecule has 1 unspecified atom stereocenters. The minimum absolute atomic E-state index is 0.0929. The third kappa shape index (κ3) is 7.34. The molecule has 1 rings (SSSR count). The van der Waals surface area contributed by atoms with Gasteiger partial charge in [0, 0.05) is 12.6 Å². The first kappa shape index (κ1) is 19.3. The van der Waals surface area contributed by atoms with E-state index in [9.17, 15) is 9.59 Å². The molecular formula is C16H31N5O2. The largest absolute Gasteiger partial charge is 0.357 e. The summed E-state index contributed by atoms with van der Waals surface area (Å²) < 4.78 is 0. The van der Waals surface area contributed by atoms with Gasteiger partial charge in [-0.15, -0.1) is 0 Å². The lowest BCUT2D eigenvalue weighted by atomic mass is 10.1. The predicted octanol–water partition coefficient (Wildman–Crippen LogP) is 1.45. The summed E-state index contributed by atoms with van der Waals surface area (Å²) in [5.74, 6) is 0.551. The van der Waals surface area contributed by atoms with Crippen LogP contribution in [0.1, 0.15) is 52.9 Å². The lowest BCUT2D eigenvalue weighted by molar-refractivity contribution is -0.124. The summed E-state index contributed by atoms with van der Waals surface area (Å²) in [5, 5.41) is 9.08. The first-order valence-corrected chi connectivity index (χ1v) is 8.71. The minimum atomic E-state index is -0.326. The van der Waals surface area contributed by atoms with Crippen molar-refractivity contribution in [2.75, 3.05) is 26.2 Å². The first-order valence-electron chi connectivity index (χ1n) is 8.71. The zero-order valence-corrected chi connectivity index (χ0v) is 14.7. The number of hydrogen-bond donors (Lipinski definition) is 3. The van der Waals surface area contributed by atoms with Crippen LogP contribution in [0.4, 0.5) is 4.79 Å². The van der Waals surface area contributed by atoms with Crippen molar-refractivity contribution in [1.29, 1.82) is 0 Å². The van der Waals surface area contributed by atoms with Gasteiger partial charge in [0.15, 0.2) is 5.96 Å².